The Morgan fingerprint density at radius 1 is 1.04 bits per heavy atom. The summed E-state index contributed by atoms with van der Waals surface area (Å²) in [5.74, 6) is 0. The van der Waals surface area contributed by atoms with E-state index in [9.17, 15) is 13.2 Å². The van der Waals surface area contributed by atoms with Crippen molar-refractivity contribution < 1.29 is 22.6 Å². The lowest BCUT2D eigenvalue weighted by Gasteiger charge is -2.45. The lowest BCUT2D eigenvalue weighted by atomic mass is 9.71. The Morgan fingerprint density at radius 2 is 1.65 bits per heavy atom. The van der Waals surface area contributed by atoms with Gasteiger partial charge in [0.1, 0.15) is 0 Å². The highest BCUT2D eigenvalue weighted by Gasteiger charge is 2.58. The first kappa shape index (κ1) is 18.2. The van der Waals surface area contributed by atoms with Crippen LogP contribution in [-0.4, -0.2) is 37.6 Å². The number of nitrogens with two attached hydrogens (primary N) is 1. The molecule has 130 valence electrons. The van der Waals surface area contributed by atoms with Crippen LogP contribution < -0.4 is 5.73 Å². The zero-order chi connectivity index (χ0) is 17.0. The summed E-state index contributed by atoms with van der Waals surface area (Å²) in [6, 6.07) is 9.64. The molecule has 0 saturated heterocycles. The van der Waals surface area contributed by atoms with Gasteiger partial charge < -0.3 is 15.2 Å². The Bertz CT molecular complexity index is 482. The van der Waals surface area contributed by atoms with Gasteiger partial charge in [-0.15, -0.1) is 0 Å². The van der Waals surface area contributed by atoms with Gasteiger partial charge in [-0.2, -0.15) is 13.2 Å². The number of alkyl halides is 3. The molecule has 0 atom stereocenters. The molecule has 0 heterocycles. The number of hydrogen-bond acceptors (Lipinski definition) is 3. The Balaban J connectivity index is 2.03. The second kappa shape index (κ2) is 7.20. The van der Waals surface area contributed by atoms with Crippen LogP contribution in [0.5, 0.6) is 0 Å². The van der Waals surface area contributed by atoms with Gasteiger partial charge in [0.25, 0.3) is 0 Å². The largest absolute Gasteiger partial charge is 0.417 e. The van der Waals surface area contributed by atoms with Crippen LogP contribution in [0.2, 0.25) is 0 Å². The molecule has 0 aliphatic heterocycles. The average molecular weight is 331 g/mol. The molecule has 23 heavy (non-hydrogen) atoms. The maximum Gasteiger partial charge on any atom is 0.417 e. The van der Waals surface area contributed by atoms with Crippen molar-refractivity contribution in [3.63, 3.8) is 0 Å². The van der Waals surface area contributed by atoms with Gasteiger partial charge in [0.2, 0.25) is 0 Å². The molecule has 0 spiro atoms. The van der Waals surface area contributed by atoms with Crippen LogP contribution in [0.4, 0.5) is 13.2 Å². The first-order chi connectivity index (χ1) is 10.8. The van der Waals surface area contributed by atoms with Crippen LogP contribution in [0.1, 0.15) is 31.2 Å². The number of rotatable bonds is 6. The highest BCUT2D eigenvalue weighted by atomic mass is 19.4. The molecule has 2 N–H and O–H groups in total. The molecule has 0 radical (unpaired) electrons. The minimum Gasteiger partial charge on any atom is -0.382 e. The summed E-state index contributed by atoms with van der Waals surface area (Å²) in [6.45, 7) is 0.0852. The summed E-state index contributed by atoms with van der Waals surface area (Å²) in [6.07, 6.45) is -3.45. The topological polar surface area (TPSA) is 44.5 Å². The fraction of sp³-hybridized carbons (Fsp3) is 0.647. The normalized spacial score (nSPS) is 28.7. The number of benzene rings is 1. The highest BCUT2D eigenvalue weighted by molar-refractivity contribution is 5.18. The number of hydrogen-bond donors (Lipinski definition) is 1. The Kier molecular flexibility index (Phi) is 5.70. The number of methoxy groups -OCH3 is 1. The van der Waals surface area contributed by atoms with E-state index in [-0.39, 0.29) is 38.9 Å². The van der Waals surface area contributed by atoms with Gasteiger partial charge in [-0.1, -0.05) is 30.3 Å². The maximum absolute atomic E-state index is 13.5. The molecule has 0 aromatic heterocycles. The van der Waals surface area contributed by atoms with Gasteiger partial charge >= 0.3 is 6.18 Å². The maximum atomic E-state index is 13.5. The summed E-state index contributed by atoms with van der Waals surface area (Å²) in [5, 5.41) is 0. The second-order valence-corrected chi connectivity index (χ2v) is 6.36. The number of halogens is 3. The van der Waals surface area contributed by atoms with Gasteiger partial charge in [0.05, 0.1) is 13.2 Å². The lowest BCUT2D eigenvalue weighted by molar-refractivity contribution is -0.292. The van der Waals surface area contributed by atoms with Crippen molar-refractivity contribution in [1.82, 2.24) is 0 Å². The van der Waals surface area contributed by atoms with Crippen LogP contribution in [-0.2, 0) is 15.9 Å². The summed E-state index contributed by atoms with van der Waals surface area (Å²) in [7, 11) is 1.44. The fourth-order valence-electron chi connectivity index (χ4n) is 3.16. The quantitative estimate of drug-likeness (QED) is 0.812. The van der Waals surface area contributed by atoms with Crippen LogP contribution in [0, 0.1) is 0 Å². The zero-order valence-electron chi connectivity index (χ0n) is 13.4. The average Bonchev–Trinajstić information content (AvgIpc) is 2.49. The van der Waals surface area contributed by atoms with Gasteiger partial charge in [-0.25, -0.2) is 0 Å². The van der Waals surface area contributed by atoms with E-state index in [1.54, 1.807) is 0 Å². The summed E-state index contributed by atoms with van der Waals surface area (Å²) in [4.78, 5) is 0. The summed E-state index contributed by atoms with van der Waals surface area (Å²) < 4.78 is 50.5. The fourth-order valence-corrected chi connectivity index (χ4v) is 3.16. The molecule has 1 aromatic carbocycles. The van der Waals surface area contributed by atoms with Crippen molar-refractivity contribution in [3.05, 3.63) is 35.9 Å². The molecule has 0 bridgehead atoms. The minimum absolute atomic E-state index is 0.0632. The van der Waals surface area contributed by atoms with Crippen molar-refractivity contribution in [3.8, 4) is 0 Å². The molecule has 1 fully saturated rings. The molecular weight excluding hydrogens is 307 g/mol. The first-order valence-corrected chi connectivity index (χ1v) is 7.83. The van der Waals surface area contributed by atoms with E-state index in [2.05, 4.69) is 0 Å². The van der Waals surface area contributed by atoms with E-state index in [1.165, 1.54) is 7.11 Å². The van der Waals surface area contributed by atoms with Gasteiger partial charge in [-0.05, 0) is 37.7 Å². The van der Waals surface area contributed by atoms with Crippen molar-refractivity contribution in [2.75, 3.05) is 20.3 Å². The molecule has 1 aliphatic carbocycles. The van der Waals surface area contributed by atoms with Crippen molar-refractivity contribution in [1.29, 1.82) is 0 Å². The summed E-state index contributed by atoms with van der Waals surface area (Å²) in [5.41, 5.74) is 4.71. The third-order valence-corrected chi connectivity index (χ3v) is 4.63. The van der Waals surface area contributed by atoms with Gasteiger partial charge in [0, 0.05) is 12.6 Å². The third-order valence-electron chi connectivity index (χ3n) is 4.63. The second-order valence-electron chi connectivity index (χ2n) is 6.36. The van der Waals surface area contributed by atoms with Gasteiger partial charge in [-0.3, -0.25) is 0 Å². The molecular formula is C17H24F3NO2. The highest BCUT2D eigenvalue weighted by Crippen LogP contribution is 2.47. The third kappa shape index (κ3) is 4.46. The first-order valence-electron chi connectivity index (χ1n) is 7.83. The molecule has 1 saturated carbocycles. The van der Waals surface area contributed by atoms with E-state index >= 15 is 0 Å². The molecule has 6 heteroatoms. The molecule has 1 aromatic rings. The zero-order valence-corrected chi connectivity index (χ0v) is 13.4. The molecule has 3 nitrogen and oxygen atoms in total. The van der Waals surface area contributed by atoms with Crippen LogP contribution in [0.3, 0.4) is 0 Å². The lowest BCUT2D eigenvalue weighted by Crippen LogP contribution is -2.57. The monoisotopic (exact) mass is 331 g/mol. The predicted molar refractivity (Wildman–Crippen MR) is 82.1 cm³/mol. The molecule has 1 aliphatic rings. The van der Waals surface area contributed by atoms with Crippen molar-refractivity contribution in [2.24, 2.45) is 5.73 Å². The van der Waals surface area contributed by atoms with E-state index in [0.717, 1.165) is 5.56 Å². The van der Waals surface area contributed by atoms with Crippen LogP contribution in [0.15, 0.2) is 30.3 Å². The SMILES string of the molecule is COCCOC1(C(F)(F)F)CCC(N)(Cc2ccccc2)CC1. The number of ether oxygens (including phenoxy) is 2. The van der Waals surface area contributed by atoms with Crippen LogP contribution in [0.25, 0.3) is 0 Å². The van der Waals surface area contributed by atoms with Crippen molar-refractivity contribution in [2.45, 2.75) is 49.4 Å². The van der Waals surface area contributed by atoms with Gasteiger partial charge in [0.15, 0.2) is 5.60 Å². The van der Waals surface area contributed by atoms with E-state index in [0.29, 0.717) is 6.42 Å². The summed E-state index contributed by atoms with van der Waals surface area (Å²) >= 11 is 0. The molecule has 0 amide bonds. The van der Waals surface area contributed by atoms with E-state index in [4.69, 9.17) is 15.2 Å². The van der Waals surface area contributed by atoms with Crippen molar-refractivity contribution >= 4 is 0 Å². The Morgan fingerprint density at radius 3 is 2.17 bits per heavy atom. The Hall–Kier alpha value is -1.11. The smallest absolute Gasteiger partial charge is 0.382 e. The molecule has 0 unspecified atom stereocenters. The predicted octanol–water partition coefficient (Wildman–Crippen LogP) is 3.46. The molecule has 2 rings (SSSR count). The van der Waals surface area contributed by atoms with Crippen LogP contribution >= 0.6 is 0 Å². The minimum atomic E-state index is -4.39. The van der Waals surface area contributed by atoms with E-state index < -0.39 is 17.3 Å². The van der Waals surface area contributed by atoms with E-state index in [1.807, 2.05) is 30.3 Å². The standard InChI is InChI=1S/C17H24F3NO2/c1-22-11-12-23-16(17(18,19)20)9-7-15(21,8-10-16)13-14-5-3-2-4-6-14/h2-6H,7-13,21H2,1H3. The Labute approximate surface area is 135 Å².